The van der Waals surface area contributed by atoms with E-state index in [-0.39, 0.29) is 14.3 Å². The van der Waals surface area contributed by atoms with E-state index in [2.05, 4.69) is 0 Å². The number of rotatable bonds is 7. The zero-order chi connectivity index (χ0) is 33.7. The summed E-state index contributed by atoms with van der Waals surface area (Å²) in [7, 11) is 3.62. The van der Waals surface area contributed by atoms with Crippen molar-refractivity contribution in [2.75, 3.05) is 19.0 Å². The predicted octanol–water partition coefficient (Wildman–Crippen LogP) is 2.53. The normalized spacial score (nSPS) is 12.7. The third-order valence-electron chi connectivity index (χ3n) is 8.04. The van der Waals surface area contributed by atoms with E-state index >= 15 is 0 Å². The Hall–Kier alpha value is -4.60. The molecule has 0 amide bonds. The molecule has 0 spiro atoms. The first kappa shape index (κ1) is 32.3. The van der Waals surface area contributed by atoms with Crippen molar-refractivity contribution in [1.82, 2.24) is 4.58 Å². The number of carboxylic acid groups (broad SMARTS) is 1. The van der Waals surface area contributed by atoms with Crippen LogP contribution in [0.3, 0.4) is 0 Å². The van der Waals surface area contributed by atoms with Crippen LogP contribution in [-0.2, 0) is 7.48 Å². The molecule has 4 aromatic carbocycles. The second-order valence-corrected chi connectivity index (χ2v) is 17.7. The summed E-state index contributed by atoms with van der Waals surface area (Å²) in [5.41, 5.74) is 4.54. The van der Waals surface area contributed by atoms with Gasteiger partial charge in [-0.05, 0) is 6.07 Å². The van der Waals surface area contributed by atoms with Gasteiger partial charge < -0.3 is 5.11 Å². The fraction of sp³-hybridized carbons (Fsp3) is 0.0588. The number of nitrogens with zero attached hydrogens (tertiary/aromatic N) is 2. The van der Waals surface area contributed by atoms with Gasteiger partial charge in [-0.2, -0.15) is 0 Å². The minimum atomic E-state index is -5.04. The summed E-state index contributed by atoms with van der Waals surface area (Å²) >= 11 is -10.1. The number of hydrogen-bond acceptors (Lipinski definition) is 5. The molecule has 0 aromatic heterocycles. The molecular weight excluding hydrogens is 730 g/mol. The Labute approximate surface area is 274 Å². The van der Waals surface area contributed by atoms with Gasteiger partial charge in [-0.25, -0.2) is 4.79 Å². The quantitative estimate of drug-likeness (QED) is 0.0926. The molecule has 0 radical (unpaired) electrons. The molecule has 6 rings (SSSR count). The molecule has 11 nitrogen and oxygen atoms in total. The van der Waals surface area contributed by atoms with Gasteiger partial charge in [-0.3, -0.25) is 0 Å². The van der Waals surface area contributed by atoms with Crippen LogP contribution in [0.5, 0.6) is 0 Å². The molecule has 1 heterocycles. The predicted molar refractivity (Wildman–Crippen MR) is 178 cm³/mol. The Morgan fingerprint density at radius 2 is 1.32 bits per heavy atom. The molecule has 238 valence electrons. The summed E-state index contributed by atoms with van der Waals surface area (Å²) in [6.45, 7) is 0. The van der Waals surface area contributed by atoms with Gasteiger partial charge >= 0.3 is 247 Å². The standard InChI is InChI=1S/C34H28As2N2O9/c1-37(23-11-7-21(8-12-23)35(41,42)43)25-15-17-29-31(19-25)47-32-20-26(38(2)24-13-9-22(10-14-24)36(44,45)46)16-18-30(32)33(29)27-5-3-4-6-28(27)34(39)40/h3-20H,1-2H3,(H4-,39,40,41,42,43,44,45,46)/p+1. The summed E-state index contributed by atoms with van der Waals surface area (Å²) in [4.78, 5) is 14.1. The Kier molecular flexibility index (Phi) is 8.40. The third kappa shape index (κ3) is 6.37. The monoisotopic (exact) mass is 759 g/mol. The molecule has 0 atom stereocenters. The van der Waals surface area contributed by atoms with E-state index in [0.717, 1.165) is 0 Å². The first-order valence-corrected chi connectivity index (χ1v) is 20.9. The molecule has 0 saturated heterocycles. The average Bonchev–Trinajstić information content (AvgIpc) is 3.05. The van der Waals surface area contributed by atoms with Crippen molar-refractivity contribution in [2.45, 2.75) is 0 Å². The van der Waals surface area contributed by atoms with Crippen molar-refractivity contribution in [3.63, 3.8) is 0 Å². The molecule has 5 N–H and O–H groups in total. The molecule has 2 aliphatic rings. The third-order valence-corrected chi connectivity index (χ3v) is 12.1. The molecule has 13 heteroatoms. The summed E-state index contributed by atoms with van der Waals surface area (Å²) in [6, 6.07) is 30.0. The Morgan fingerprint density at radius 3 is 1.94 bits per heavy atom. The second kappa shape index (κ2) is 12.2. The van der Waals surface area contributed by atoms with Gasteiger partial charge in [-0.15, -0.1) is 0 Å². The summed E-state index contributed by atoms with van der Waals surface area (Å²) < 4.78 is 69.9. The van der Waals surface area contributed by atoms with Crippen molar-refractivity contribution in [2.24, 2.45) is 0 Å². The Balaban J connectivity index is 1.56. The Morgan fingerprint density at radius 1 is 0.723 bits per heavy atom. The van der Waals surface area contributed by atoms with Crippen molar-refractivity contribution >= 4 is 71.0 Å². The van der Waals surface area contributed by atoms with Gasteiger partial charge in [0.15, 0.2) is 0 Å². The van der Waals surface area contributed by atoms with E-state index in [9.17, 15) is 33.8 Å². The zero-order valence-electron chi connectivity index (χ0n) is 25.1. The number of carbonyl (C=O) groups is 1. The maximum absolute atomic E-state index is 12.3. The molecule has 0 bridgehead atoms. The van der Waals surface area contributed by atoms with E-state index in [1.54, 1.807) is 48.5 Å². The van der Waals surface area contributed by atoms with Gasteiger partial charge in [0.05, 0.1) is 0 Å². The number of carboxylic acids is 1. The molecule has 0 saturated carbocycles. The van der Waals surface area contributed by atoms with Gasteiger partial charge in [0.25, 0.3) is 0 Å². The molecule has 0 unspecified atom stereocenters. The van der Waals surface area contributed by atoms with Crippen LogP contribution in [0.2, 0.25) is 0 Å². The second-order valence-electron chi connectivity index (χ2n) is 10.9. The van der Waals surface area contributed by atoms with Crippen LogP contribution in [0.25, 0.3) is 33.4 Å². The van der Waals surface area contributed by atoms with E-state index < -0.39 is 34.3 Å². The van der Waals surface area contributed by atoms with Gasteiger partial charge in [0.2, 0.25) is 0 Å². The van der Waals surface area contributed by atoms with Gasteiger partial charge in [-0.1, -0.05) is 12.1 Å². The fourth-order valence-electron chi connectivity index (χ4n) is 5.50. The van der Waals surface area contributed by atoms with E-state index in [1.165, 1.54) is 24.3 Å². The molecule has 0 fully saturated rings. The van der Waals surface area contributed by atoms with Crippen molar-refractivity contribution in [1.29, 1.82) is 0 Å². The minimum absolute atomic E-state index is 0.0266. The number of aromatic carboxylic acids is 1. The average molecular weight is 759 g/mol. The first-order valence-electron chi connectivity index (χ1n) is 14.2. The van der Waals surface area contributed by atoms with Crippen LogP contribution >= 0.6 is 0 Å². The van der Waals surface area contributed by atoms with Crippen LogP contribution in [0, 0.1) is 0 Å². The molecule has 1 aliphatic heterocycles. The van der Waals surface area contributed by atoms with Gasteiger partial charge in [0.1, 0.15) is 0 Å². The van der Waals surface area contributed by atoms with Crippen LogP contribution < -0.4 is 23.5 Å². The van der Waals surface area contributed by atoms with E-state index in [4.69, 9.17) is 4.42 Å². The van der Waals surface area contributed by atoms with Crippen LogP contribution in [-0.4, -0.2) is 69.9 Å². The SMILES string of the molecule is CN(c1ccc([As](=O)(O)O)cc1)c1ccc2c(-c3ccccc3C(=O)O)c3ccc(=[N+](C)c4ccc([As](=O)(O)O)cc4)cc-3oc2c1. The summed E-state index contributed by atoms with van der Waals surface area (Å²) in [6.07, 6.45) is 0. The van der Waals surface area contributed by atoms with Crippen molar-refractivity contribution < 1.29 is 38.2 Å². The zero-order valence-corrected chi connectivity index (χ0v) is 28.8. The molecule has 47 heavy (non-hydrogen) atoms. The Bertz CT molecular complexity index is 2300. The van der Waals surface area contributed by atoms with Crippen LogP contribution in [0.1, 0.15) is 10.4 Å². The maximum atomic E-state index is 12.3. The number of hydrogen-bond donors (Lipinski definition) is 5. The summed E-state index contributed by atoms with van der Waals surface area (Å²) in [5, 5.41) is 11.5. The number of anilines is 2. The van der Waals surface area contributed by atoms with E-state index in [0.29, 0.717) is 55.8 Å². The van der Waals surface area contributed by atoms with Gasteiger partial charge in [0, 0.05) is 0 Å². The molecule has 1 aliphatic carbocycles. The number of fused-ring (bicyclic) bond motifs is 2. The molecule has 4 aromatic rings. The first-order chi connectivity index (χ1) is 22.2. The van der Waals surface area contributed by atoms with Crippen LogP contribution in [0.15, 0.2) is 114 Å². The molecular formula is C34H29As2N2O9+. The fourth-order valence-corrected chi connectivity index (χ4v) is 7.76. The summed E-state index contributed by atoms with van der Waals surface area (Å²) in [5.74, 6) is -0.601. The van der Waals surface area contributed by atoms with E-state index in [1.807, 2.05) is 60.0 Å². The van der Waals surface area contributed by atoms with Crippen molar-refractivity contribution in [3.05, 3.63) is 120 Å². The topological polar surface area (TPSA) is 172 Å². The number of benzene rings is 5. The van der Waals surface area contributed by atoms with Crippen molar-refractivity contribution in [3.8, 4) is 22.5 Å². The van der Waals surface area contributed by atoms with Crippen LogP contribution in [0.4, 0.5) is 17.1 Å².